The van der Waals surface area contributed by atoms with Gasteiger partial charge in [-0.05, 0) is 24.0 Å². The molecule has 2 aliphatic rings. The van der Waals surface area contributed by atoms with Crippen LogP contribution in [0.3, 0.4) is 0 Å². The van der Waals surface area contributed by atoms with E-state index in [1.807, 2.05) is 24.3 Å². The molecule has 0 aromatic heterocycles. The van der Waals surface area contributed by atoms with E-state index < -0.39 is 11.9 Å². The molecule has 3 rings (SSSR count). The van der Waals surface area contributed by atoms with Crippen molar-refractivity contribution < 1.29 is 9.59 Å². The van der Waals surface area contributed by atoms with Gasteiger partial charge in [-0.15, -0.1) is 0 Å². The standard InChI is InChI=1S/C17H22N2O2/c18-17(21)15-11-13-7-3-4-8-14(13)19(15)16(20)10-9-12-5-1-2-6-12/h3-4,7-8,12,15H,1-2,5-6,9-11H2,(H2,18,21)/t15-/m1/s1. The summed E-state index contributed by atoms with van der Waals surface area (Å²) in [6.07, 6.45) is 7.04. The molecule has 1 fully saturated rings. The Morgan fingerprint density at radius 1 is 1.19 bits per heavy atom. The van der Waals surface area contributed by atoms with Crippen molar-refractivity contribution in [3.63, 3.8) is 0 Å². The molecule has 1 aliphatic heterocycles. The van der Waals surface area contributed by atoms with Crippen LogP contribution >= 0.6 is 0 Å². The molecule has 0 radical (unpaired) electrons. The second-order valence-corrected chi connectivity index (χ2v) is 6.20. The number of benzene rings is 1. The highest BCUT2D eigenvalue weighted by molar-refractivity contribution is 6.03. The Bertz CT molecular complexity index is 549. The van der Waals surface area contributed by atoms with Gasteiger partial charge in [0.1, 0.15) is 6.04 Å². The third-order valence-corrected chi connectivity index (χ3v) is 4.81. The molecule has 4 nitrogen and oxygen atoms in total. The average molecular weight is 286 g/mol. The third-order valence-electron chi connectivity index (χ3n) is 4.81. The van der Waals surface area contributed by atoms with Gasteiger partial charge in [0.2, 0.25) is 11.8 Å². The number of nitrogens with two attached hydrogens (primary N) is 1. The van der Waals surface area contributed by atoms with Gasteiger partial charge in [-0.25, -0.2) is 0 Å². The van der Waals surface area contributed by atoms with E-state index >= 15 is 0 Å². The molecule has 2 N–H and O–H groups in total. The molecule has 1 saturated carbocycles. The molecule has 112 valence electrons. The molecular formula is C17H22N2O2. The minimum absolute atomic E-state index is 0.0376. The quantitative estimate of drug-likeness (QED) is 0.923. The van der Waals surface area contributed by atoms with Gasteiger partial charge in [0.25, 0.3) is 0 Å². The fraction of sp³-hybridized carbons (Fsp3) is 0.529. The largest absolute Gasteiger partial charge is 0.368 e. The summed E-state index contributed by atoms with van der Waals surface area (Å²) in [4.78, 5) is 25.9. The monoisotopic (exact) mass is 286 g/mol. The highest BCUT2D eigenvalue weighted by Gasteiger charge is 2.36. The van der Waals surface area contributed by atoms with Crippen molar-refractivity contribution in [3.8, 4) is 0 Å². The minimum Gasteiger partial charge on any atom is -0.368 e. The van der Waals surface area contributed by atoms with Crippen molar-refractivity contribution in [1.29, 1.82) is 0 Å². The lowest BCUT2D eigenvalue weighted by atomic mass is 10.0. The molecule has 1 aliphatic carbocycles. The van der Waals surface area contributed by atoms with E-state index in [1.54, 1.807) is 4.90 Å². The summed E-state index contributed by atoms with van der Waals surface area (Å²) in [5.74, 6) is 0.301. The van der Waals surface area contributed by atoms with E-state index in [1.165, 1.54) is 25.7 Å². The summed E-state index contributed by atoms with van der Waals surface area (Å²) in [6, 6.07) is 7.20. The SMILES string of the molecule is NC(=O)[C@H]1Cc2ccccc2N1C(=O)CCC1CCCC1. The first-order valence-electron chi connectivity index (χ1n) is 7.86. The highest BCUT2D eigenvalue weighted by atomic mass is 16.2. The smallest absolute Gasteiger partial charge is 0.240 e. The number of primary amides is 1. The number of hydrogen-bond donors (Lipinski definition) is 1. The Kier molecular flexibility index (Phi) is 3.95. The van der Waals surface area contributed by atoms with Crippen LogP contribution in [-0.4, -0.2) is 17.9 Å². The lowest BCUT2D eigenvalue weighted by Gasteiger charge is -2.24. The summed E-state index contributed by atoms with van der Waals surface area (Å²) in [5, 5.41) is 0. The molecule has 1 aromatic rings. The summed E-state index contributed by atoms with van der Waals surface area (Å²) in [7, 11) is 0. The zero-order valence-corrected chi connectivity index (χ0v) is 12.3. The van der Waals surface area contributed by atoms with Crippen molar-refractivity contribution in [2.45, 2.75) is 51.0 Å². The van der Waals surface area contributed by atoms with E-state index in [9.17, 15) is 9.59 Å². The Hall–Kier alpha value is -1.84. The molecule has 4 heteroatoms. The minimum atomic E-state index is -0.515. The van der Waals surface area contributed by atoms with Gasteiger partial charge in [-0.3, -0.25) is 14.5 Å². The van der Waals surface area contributed by atoms with Gasteiger partial charge in [-0.2, -0.15) is 0 Å². The van der Waals surface area contributed by atoms with Crippen molar-refractivity contribution >= 4 is 17.5 Å². The van der Waals surface area contributed by atoms with Crippen molar-refractivity contribution in [2.75, 3.05) is 4.90 Å². The van der Waals surface area contributed by atoms with Crippen LogP contribution < -0.4 is 10.6 Å². The topological polar surface area (TPSA) is 63.4 Å². The van der Waals surface area contributed by atoms with Crippen molar-refractivity contribution in [2.24, 2.45) is 11.7 Å². The van der Waals surface area contributed by atoms with Gasteiger partial charge in [0, 0.05) is 18.5 Å². The number of anilines is 1. The molecule has 0 spiro atoms. The zero-order valence-electron chi connectivity index (χ0n) is 12.3. The van der Waals surface area contributed by atoms with E-state index in [0.717, 1.165) is 17.7 Å². The lowest BCUT2D eigenvalue weighted by molar-refractivity contribution is -0.124. The van der Waals surface area contributed by atoms with Crippen LogP contribution in [0.15, 0.2) is 24.3 Å². The summed E-state index contributed by atoms with van der Waals surface area (Å²) >= 11 is 0. The van der Waals surface area contributed by atoms with Crippen LogP contribution in [0.25, 0.3) is 0 Å². The number of carbonyl (C=O) groups is 2. The van der Waals surface area contributed by atoms with Gasteiger partial charge in [0.05, 0.1) is 0 Å². The van der Waals surface area contributed by atoms with E-state index in [4.69, 9.17) is 5.73 Å². The number of para-hydroxylation sites is 1. The molecule has 0 unspecified atom stereocenters. The molecule has 0 saturated heterocycles. The number of amides is 2. The molecule has 1 heterocycles. The average Bonchev–Trinajstić information content (AvgIpc) is 3.11. The number of fused-ring (bicyclic) bond motifs is 1. The number of nitrogens with zero attached hydrogens (tertiary/aromatic N) is 1. The van der Waals surface area contributed by atoms with Crippen LogP contribution in [0.4, 0.5) is 5.69 Å². The van der Waals surface area contributed by atoms with Crippen LogP contribution in [0.5, 0.6) is 0 Å². The fourth-order valence-electron chi connectivity index (χ4n) is 3.67. The highest BCUT2D eigenvalue weighted by Crippen LogP contribution is 2.34. The first kappa shape index (κ1) is 14.1. The number of carbonyl (C=O) groups excluding carboxylic acids is 2. The number of hydrogen-bond acceptors (Lipinski definition) is 2. The maximum Gasteiger partial charge on any atom is 0.240 e. The predicted octanol–water partition coefficient (Wildman–Crippen LogP) is 2.40. The van der Waals surface area contributed by atoms with Crippen molar-refractivity contribution in [1.82, 2.24) is 0 Å². The summed E-state index contributed by atoms with van der Waals surface area (Å²) in [6.45, 7) is 0. The Balaban J connectivity index is 1.73. The molecular weight excluding hydrogens is 264 g/mol. The number of rotatable bonds is 4. The van der Waals surface area contributed by atoms with Gasteiger partial charge in [-0.1, -0.05) is 43.9 Å². The Morgan fingerprint density at radius 3 is 2.62 bits per heavy atom. The normalized spacial score (nSPS) is 21.5. The molecule has 0 bridgehead atoms. The van der Waals surface area contributed by atoms with Crippen LogP contribution in [0, 0.1) is 5.92 Å². The second-order valence-electron chi connectivity index (χ2n) is 6.20. The molecule has 21 heavy (non-hydrogen) atoms. The predicted molar refractivity (Wildman–Crippen MR) is 81.8 cm³/mol. The molecule has 2 amide bonds. The van der Waals surface area contributed by atoms with E-state index in [0.29, 0.717) is 18.8 Å². The van der Waals surface area contributed by atoms with Crippen LogP contribution in [0.2, 0.25) is 0 Å². The Labute approximate surface area is 125 Å². The maximum atomic E-state index is 12.6. The van der Waals surface area contributed by atoms with Crippen molar-refractivity contribution in [3.05, 3.63) is 29.8 Å². The zero-order chi connectivity index (χ0) is 14.8. The van der Waals surface area contributed by atoms with Gasteiger partial charge < -0.3 is 5.73 Å². The van der Waals surface area contributed by atoms with E-state index in [2.05, 4.69) is 0 Å². The summed E-state index contributed by atoms with van der Waals surface area (Å²) < 4.78 is 0. The second kappa shape index (κ2) is 5.88. The molecule has 1 aromatic carbocycles. The van der Waals surface area contributed by atoms with Crippen LogP contribution in [0.1, 0.15) is 44.1 Å². The van der Waals surface area contributed by atoms with E-state index in [-0.39, 0.29) is 5.91 Å². The third kappa shape index (κ3) is 2.80. The maximum absolute atomic E-state index is 12.6. The Morgan fingerprint density at radius 2 is 1.90 bits per heavy atom. The first-order chi connectivity index (χ1) is 10.2. The fourth-order valence-corrected chi connectivity index (χ4v) is 3.67. The van der Waals surface area contributed by atoms with Gasteiger partial charge >= 0.3 is 0 Å². The summed E-state index contributed by atoms with van der Waals surface area (Å²) in [5.41, 5.74) is 7.39. The molecule has 1 atom stereocenters. The lowest BCUT2D eigenvalue weighted by Crippen LogP contribution is -2.46. The van der Waals surface area contributed by atoms with Gasteiger partial charge in [0.15, 0.2) is 0 Å². The first-order valence-corrected chi connectivity index (χ1v) is 7.86. The van der Waals surface area contributed by atoms with Crippen LogP contribution in [-0.2, 0) is 16.0 Å².